The first kappa shape index (κ1) is 21.1. The van der Waals surface area contributed by atoms with Crippen LogP contribution in [-0.2, 0) is 17.6 Å². The first-order chi connectivity index (χ1) is 15.0. The van der Waals surface area contributed by atoms with Crippen molar-refractivity contribution in [1.82, 2.24) is 20.1 Å². The summed E-state index contributed by atoms with van der Waals surface area (Å²) in [6, 6.07) is 10.0. The van der Waals surface area contributed by atoms with Gasteiger partial charge in [-0.2, -0.15) is 5.10 Å². The Labute approximate surface area is 183 Å². The van der Waals surface area contributed by atoms with E-state index in [1.807, 2.05) is 36.9 Å². The molecule has 1 aliphatic carbocycles. The Kier molecular flexibility index (Phi) is 6.07. The Morgan fingerprint density at radius 1 is 1.23 bits per heavy atom. The van der Waals surface area contributed by atoms with Crippen LogP contribution in [0.15, 0.2) is 36.5 Å². The summed E-state index contributed by atoms with van der Waals surface area (Å²) >= 11 is 0. The lowest BCUT2D eigenvalue weighted by atomic mass is 9.92. The molecule has 1 aliphatic rings. The number of nitrogens with one attached hydrogen (secondary N) is 1. The number of fused-ring (bicyclic) bond motifs is 1. The van der Waals surface area contributed by atoms with Crippen molar-refractivity contribution >= 4 is 5.91 Å². The van der Waals surface area contributed by atoms with Crippen LogP contribution in [0.4, 0.5) is 0 Å². The van der Waals surface area contributed by atoms with Gasteiger partial charge in [0.05, 0.1) is 23.6 Å². The molecule has 0 fully saturated rings. The maximum atomic E-state index is 12.7. The quantitative estimate of drug-likeness (QED) is 0.647. The number of amides is 1. The van der Waals surface area contributed by atoms with Crippen LogP contribution in [0, 0.1) is 20.8 Å². The predicted octanol–water partition coefficient (Wildman–Crippen LogP) is 4.33. The van der Waals surface area contributed by atoms with Gasteiger partial charge in [-0.25, -0.2) is 4.68 Å². The molecule has 2 aromatic heterocycles. The van der Waals surface area contributed by atoms with Gasteiger partial charge < -0.3 is 10.1 Å². The predicted molar refractivity (Wildman–Crippen MR) is 121 cm³/mol. The number of aromatic nitrogens is 3. The first-order valence-corrected chi connectivity index (χ1v) is 11.0. The molecule has 4 rings (SSSR count). The normalized spacial score (nSPS) is 15.4. The van der Waals surface area contributed by atoms with E-state index in [2.05, 4.69) is 47.4 Å². The number of hydrogen-bond acceptors (Lipinski definition) is 4. The van der Waals surface area contributed by atoms with Crippen LogP contribution in [0.25, 0.3) is 5.69 Å². The number of carbonyl (C=O) groups excluding carboxylic acids is 1. The number of rotatable bonds is 6. The van der Waals surface area contributed by atoms with Gasteiger partial charge >= 0.3 is 0 Å². The highest BCUT2D eigenvalue weighted by Crippen LogP contribution is 2.32. The van der Waals surface area contributed by atoms with E-state index in [-0.39, 0.29) is 18.6 Å². The zero-order chi connectivity index (χ0) is 22.0. The molecule has 0 aliphatic heterocycles. The van der Waals surface area contributed by atoms with Crippen LogP contribution >= 0.6 is 0 Å². The van der Waals surface area contributed by atoms with Gasteiger partial charge in [-0.05, 0) is 75.8 Å². The molecule has 0 spiro atoms. The van der Waals surface area contributed by atoms with Crippen molar-refractivity contribution in [3.05, 3.63) is 70.3 Å². The van der Waals surface area contributed by atoms with Gasteiger partial charge in [0.15, 0.2) is 6.61 Å². The van der Waals surface area contributed by atoms with Gasteiger partial charge in [0, 0.05) is 17.0 Å². The Morgan fingerprint density at radius 3 is 2.87 bits per heavy atom. The highest BCUT2D eigenvalue weighted by atomic mass is 16.5. The largest absolute Gasteiger partial charge is 0.482 e. The number of aryl methyl sites for hydroxylation is 3. The highest BCUT2D eigenvalue weighted by Gasteiger charge is 2.26. The Bertz CT molecular complexity index is 1100. The Hall–Kier alpha value is -3.15. The Morgan fingerprint density at radius 2 is 2.06 bits per heavy atom. The third kappa shape index (κ3) is 4.33. The SMILES string of the molecule is CCc1nc(C)ccc1OCC(=O)N[C@H]1CCCc2c1cnn2-c1cccc(C)c1C. The topological polar surface area (TPSA) is 69.0 Å². The molecule has 1 N–H and O–H groups in total. The molecule has 1 aromatic carbocycles. The van der Waals surface area contributed by atoms with Crippen LogP contribution in [0.1, 0.15) is 59.6 Å². The maximum Gasteiger partial charge on any atom is 0.258 e. The molecule has 0 saturated heterocycles. The summed E-state index contributed by atoms with van der Waals surface area (Å²) in [6.45, 7) is 8.21. The lowest BCUT2D eigenvalue weighted by molar-refractivity contribution is -0.124. The van der Waals surface area contributed by atoms with Crippen molar-refractivity contribution in [2.75, 3.05) is 6.61 Å². The van der Waals surface area contributed by atoms with E-state index in [9.17, 15) is 4.79 Å². The van der Waals surface area contributed by atoms with Gasteiger partial charge in [-0.1, -0.05) is 19.1 Å². The Balaban J connectivity index is 1.47. The van der Waals surface area contributed by atoms with Crippen molar-refractivity contribution in [2.45, 2.75) is 59.4 Å². The summed E-state index contributed by atoms with van der Waals surface area (Å²) in [6.07, 6.45) is 5.55. The van der Waals surface area contributed by atoms with E-state index in [1.165, 1.54) is 16.8 Å². The summed E-state index contributed by atoms with van der Waals surface area (Å²) in [5.41, 5.74) is 7.69. The number of nitrogens with zero attached hydrogens (tertiary/aromatic N) is 3. The van der Waals surface area contributed by atoms with Crippen LogP contribution in [0.5, 0.6) is 5.75 Å². The van der Waals surface area contributed by atoms with Gasteiger partial charge in [-0.15, -0.1) is 0 Å². The molecular formula is C25H30N4O2. The van der Waals surface area contributed by atoms with Gasteiger partial charge in [0.25, 0.3) is 5.91 Å². The van der Waals surface area contributed by atoms with Gasteiger partial charge in [-0.3, -0.25) is 9.78 Å². The zero-order valence-electron chi connectivity index (χ0n) is 18.7. The minimum absolute atomic E-state index is 0.0191. The molecule has 2 heterocycles. The van der Waals surface area contributed by atoms with Crippen molar-refractivity contribution in [1.29, 1.82) is 0 Å². The second-order valence-electron chi connectivity index (χ2n) is 8.23. The molecule has 6 heteroatoms. The maximum absolute atomic E-state index is 12.7. The van der Waals surface area contributed by atoms with E-state index in [0.717, 1.165) is 48.3 Å². The van der Waals surface area contributed by atoms with Crippen LogP contribution in [-0.4, -0.2) is 27.3 Å². The van der Waals surface area contributed by atoms with Gasteiger partial charge in [0.2, 0.25) is 0 Å². The molecule has 0 saturated carbocycles. The van der Waals surface area contributed by atoms with Gasteiger partial charge in [0.1, 0.15) is 5.75 Å². The van der Waals surface area contributed by atoms with Crippen LogP contribution in [0.2, 0.25) is 0 Å². The summed E-state index contributed by atoms with van der Waals surface area (Å²) in [5, 5.41) is 7.83. The van der Waals surface area contributed by atoms with E-state index in [1.54, 1.807) is 0 Å². The summed E-state index contributed by atoms with van der Waals surface area (Å²) in [5.74, 6) is 0.551. The fraction of sp³-hybridized carbons (Fsp3) is 0.400. The molecule has 0 unspecified atom stereocenters. The molecule has 0 bridgehead atoms. The third-order valence-electron chi connectivity index (χ3n) is 6.09. The molecular weight excluding hydrogens is 388 g/mol. The van der Waals surface area contributed by atoms with Crippen molar-refractivity contribution in [3.8, 4) is 11.4 Å². The van der Waals surface area contributed by atoms with E-state index in [0.29, 0.717) is 5.75 Å². The van der Waals surface area contributed by atoms with Crippen LogP contribution < -0.4 is 10.1 Å². The van der Waals surface area contributed by atoms with Crippen molar-refractivity contribution < 1.29 is 9.53 Å². The zero-order valence-corrected chi connectivity index (χ0v) is 18.7. The molecule has 162 valence electrons. The van der Waals surface area contributed by atoms with E-state index >= 15 is 0 Å². The fourth-order valence-corrected chi connectivity index (χ4v) is 4.24. The standard InChI is InChI=1S/C25H30N4O2/c1-5-20-24(13-12-17(3)27-20)31-15-25(30)28-21-9-7-11-23-19(21)14-26-29(23)22-10-6-8-16(2)18(22)4/h6,8,10,12-14,21H,5,7,9,11,15H2,1-4H3,(H,28,30)/t21-/m0/s1. The van der Waals surface area contributed by atoms with Crippen molar-refractivity contribution in [3.63, 3.8) is 0 Å². The number of ether oxygens (including phenoxy) is 1. The average Bonchev–Trinajstić information content (AvgIpc) is 3.19. The second-order valence-corrected chi connectivity index (χ2v) is 8.23. The number of benzene rings is 1. The molecule has 1 amide bonds. The van der Waals surface area contributed by atoms with E-state index < -0.39 is 0 Å². The summed E-state index contributed by atoms with van der Waals surface area (Å²) in [7, 11) is 0. The van der Waals surface area contributed by atoms with Crippen molar-refractivity contribution in [2.24, 2.45) is 0 Å². The fourth-order valence-electron chi connectivity index (χ4n) is 4.24. The summed E-state index contributed by atoms with van der Waals surface area (Å²) in [4.78, 5) is 17.1. The third-order valence-corrected chi connectivity index (χ3v) is 6.09. The lowest BCUT2D eigenvalue weighted by Crippen LogP contribution is -2.34. The number of pyridine rings is 1. The number of carbonyl (C=O) groups is 1. The minimum Gasteiger partial charge on any atom is -0.482 e. The summed E-state index contributed by atoms with van der Waals surface area (Å²) < 4.78 is 7.82. The monoisotopic (exact) mass is 418 g/mol. The smallest absolute Gasteiger partial charge is 0.258 e. The molecule has 0 radical (unpaired) electrons. The molecule has 31 heavy (non-hydrogen) atoms. The van der Waals surface area contributed by atoms with E-state index in [4.69, 9.17) is 4.74 Å². The molecule has 3 aromatic rings. The first-order valence-electron chi connectivity index (χ1n) is 11.0. The highest BCUT2D eigenvalue weighted by molar-refractivity contribution is 5.78. The molecule has 6 nitrogen and oxygen atoms in total. The van der Waals surface area contributed by atoms with Crippen LogP contribution in [0.3, 0.4) is 0 Å². The number of hydrogen-bond donors (Lipinski definition) is 1. The lowest BCUT2D eigenvalue weighted by Gasteiger charge is -2.24. The average molecular weight is 419 g/mol. The minimum atomic E-state index is -0.125. The second kappa shape index (κ2) is 8.92. The molecule has 1 atom stereocenters.